The van der Waals surface area contributed by atoms with Gasteiger partial charge < -0.3 is 5.11 Å². The summed E-state index contributed by atoms with van der Waals surface area (Å²) < 4.78 is 0. The van der Waals surface area contributed by atoms with E-state index < -0.39 is 10.4 Å². The second-order valence-corrected chi connectivity index (χ2v) is 3.75. The van der Waals surface area contributed by atoms with E-state index in [0.29, 0.717) is 6.42 Å². The molecule has 0 aromatic heterocycles. The molecule has 0 aliphatic heterocycles. The summed E-state index contributed by atoms with van der Waals surface area (Å²) in [6.07, 6.45) is 0.458. The van der Waals surface area contributed by atoms with Crippen molar-refractivity contribution in [2.24, 2.45) is 0 Å². The second-order valence-electron chi connectivity index (χ2n) is 2.84. The van der Waals surface area contributed by atoms with Crippen LogP contribution in [0.3, 0.4) is 0 Å². The smallest absolute Gasteiger partial charge is 0.149 e. The average molecular weight is 209 g/mol. The first-order chi connectivity index (χ1) is 4.39. The summed E-state index contributed by atoms with van der Waals surface area (Å²) in [4.78, 5) is 10.5. The maximum Gasteiger partial charge on any atom is 0.149 e. The van der Waals surface area contributed by atoms with Gasteiger partial charge in [0.05, 0.1) is 5.60 Å². The minimum absolute atomic E-state index is 0.0347. The number of hydrogen-bond donors (Lipinski definition) is 1. The van der Waals surface area contributed by atoms with Gasteiger partial charge in [0.1, 0.15) is 10.6 Å². The molecule has 0 rings (SSSR count). The van der Waals surface area contributed by atoms with Crippen LogP contribution in [0.2, 0.25) is 0 Å². The van der Waals surface area contributed by atoms with Gasteiger partial charge in [-0.1, -0.05) is 22.9 Å². The zero-order valence-electron chi connectivity index (χ0n) is 6.52. The Kier molecular flexibility index (Phi) is 3.52. The number of carbonyl (C=O) groups excluding carboxylic acids is 1. The lowest BCUT2D eigenvalue weighted by molar-refractivity contribution is -0.121. The van der Waals surface area contributed by atoms with E-state index in [-0.39, 0.29) is 5.78 Å². The van der Waals surface area contributed by atoms with Crippen LogP contribution in [-0.4, -0.2) is 21.3 Å². The van der Waals surface area contributed by atoms with E-state index in [1.165, 1.54) is 0 Å². The Labute approximate surface area is 69.8 Å². The molecule has 0 saturated heterocycles. The highest BCUT2D eigenvalue weighted by molar-refractivity contribution is 9.10. The van der Waals surface area contributed by atoms with Gasteiger partial charge in [0.2, 0.25) is 0 Å². The first-order valence-electron chi connectivity index (χ1n) is 3.28. The van der Waals surface area contributed by atoms with Gasteiger partial charge in [0.25, 0.3) is 0 Å². The van der Waals surface area contributed by atoms with Gasteiger partial charge in [-0.15, -0.1) is 0 Å². The van der Waals surface area contributed by atoms with Gasteiger partial charge in [-0.3, -0.25) is 4.79 Å². The molecule has 0 fully saturated rings. The number of rotatable bonds is 3. The predicted molar refractivity (Wildman–Crippen MR) is 44.3 cm³/mol. The fourth-order valence-corrected chi connectivity index (χ4v) is 0.897. The zero-order valence-corrected chi connectivity index (χ0v) is 8.10. The topological polar surface area (TPSA) is 37.3 Å². The van der Waals surface area contributed by atoms with Crippen LogP contribution in [-0.2, 0) is 4.79 Å². The quantitative estimate of drug-likeness (QED) is 0.715. The Balaban J connectivity index is 4.08. The fourth-order valence-electron chi connectivity index (χ4n) is 0.573. The minimum atomic E-state index is -0.951. The predicted octanol–water partition coefficient (Wildman–Crippen LogP) is 1.50. The summed E-state index contributed by atoms with van der Waals surface area (Å²) in [6, 6.07) is 0. The molecule has 0 heterocycles. The van der Waals surface area contributed by atoms with E-state index in [9.17, 15) is 9.90 Å². The highest BCUT2D eigenvalue weighted by atomic mass is 79.9. The molecule has 0 aliphatic carbocycles. The second kappa shape index (κ2) is 3.49. The summed E-state index contributed by atoms with van der Waals surface area (Å²) >= 11 is 3.12. The summed E-state index contributed by atoms with van der Waals surface area (Å²) in [5.41, 5.74) is -0.951. The van der Waals surface area contributed by atoms with Crippen molar-refractivity contribution in [1.82, 2.24) is 0 Å². The van der Waals surface area contributed by atoms with Crippen molar-refractivity contribution in [2.45, 2.75) is 37.6 Å². The number of aliphatic hydroxyl groups is 1. The van der Waals surface area contributed by atoms with Crippen LogP contribution in [0.15, 0.2) is 0 Å². The van der Waals surface area contributed by atoms with E-state index in [0.717, 1.165) is 0 Å². The molecule has 0 bridgehead atoms. The third-order valence-electron chi connectivity index (χ3n) is 1.25. The molecular formula is C7H13BrO2. The monoisotopic (exact) mass is 208 g/mol. The molecular weight excluding hydrogens is 196 g/mol. The summed E-state index contributed by atoms with van der Waals surface area (Å²) in [5.74, 6) is 0.0347. The number of hydrogen-bond acceptors (Lipinski definition) is 2. The van der Waals surface area contributed by atoms with Gasteiger partial charge >= 0.3 is 0 Å². The van der Waals surface area contributed by atoms with Crippen molar-refractivity contribution in [1.29, 1.82) is 0 Å². The maximum absolute atomic E-state index is 11.0. The number of alkyl halides is 1. The summed E-state index contributed by atoms with van der Waals surface area (Å²) in [6.45, 7) is 5.00. The number of carbonyl (C=O) groups is 1. The third-order valence-corrected chi connectivity index (χ3v) is 2.88. The minimum Gasteiger partial charge on any atom is -0.389 e. The zero-order chi connectivity index (χ0) is 8.36. The number of halogens is 1. The van der Waals surface area contributed by atoms with Gasteiger partial charge in [0, 0.05) is 6.42 Å². The molecule has 0 spiro atoms. The van der Waals surface area contributed by atoms with E-state index in [1.807, 2.05) is 0 Å². The Bertz CT molecular complexity index is 126. The van der Waals surface area contributed by atoms with Crippen molar-refractivity contribution in [2.75, 3.05) is 0 Å². The van der Waals surface area contributed by atoms with Crippen LogP contribution in [0, 0.1) is 0 Å². The third kappa shape index (κ3) is 2.80. The molecule has 10 heavy (non-hydrogen) atoms. The van der Waals surface area contributed by atoms with Crippen molar-refractivity contribution in [3.05, 3.63) is 0 Å². The van der Waals surface area contributed by atoms with Crippen molar-refractivity contribution < 1.29 is 9.90 Å². The number of ketones is 1. The molecule has 1 N–H and O–H groups in total. The molecule has 2 nitrogen and oxygen atoms in total. The Morgan fingerprint density at radius 3 is 2.20 bits per heavy atom. The Hall–Kier alpha value is 0.110. The summed E-state index contributed by atoms with van der Waals surface area (Å²) in [5, 5.41) is 9.32. The van der Waals surface area contributed by atoms with Crippen LogP contribution < -0.4 is 0 Å². The first kappa shape index (κ1) is 10.1. The van der Waals surface area contributed by atoms with Crippen LogP contribution >= 0.6 is 15.9 Å². The fraction of sp³-hybridized carbons (Fsp3) is 0.857. The normalized spacial score (nSPS) is 14.9. The van der Waals surface area contributed by atoms with Gasteiger partial charge in [-0.2, -0.15) is 0 Å². The highest BCUT2D eigenvalue weighted by Gasteiger charge is 2.28. The van der Waals surface area contributed by atoms with Crippen LogP contribution in [0.4, 0.5) is 0 Å². The largest absolute Gasteiger partial charge is 0.389 e. The molecule has 0 saturated carbocycles. The Morgan fingerprint density at radius 2 is 2.10 bits per heavy atom. The highest BCUT2D eigenvalue weighted by Crippen LogP contribution is 2.18. The SMILES string of the molecule is CCC(=O)C(Br)C(C)(C)O. The van der Waals surface area contributed by atoms with Crippen molar-refractivity contribution in [3.8, 4) is 0 Å². The van der Waals surface area contributed by atoms with Crippen molar-refractivity contribution in [3.63, 3.8) is 0 Å². The number of Topliss-reactive ketones (excluding diaryl/α,β-unsaturated/α-hetero) is 1. The van der Waals surface area contributed by atoms with Crippen LogP contribution in [0.25, 0.3) is 0 Å². The molecule has 3 heteroatoms. The molecule has 1 unspecified atom stereocenters. The molecule has 0 aromatic rings. The molecule has 60 valence electrons. The van der Waals surface area contributed by atoms with Crippen LogP contribution in [0.5, 0.6) is 0 Å². The summed E-state index contributed by atoms with van der Waals surface area (Å²) in [7, 11) is 0. The Morgan fingerprint density at radius 1 is 1.70 bits per heavy atom. The molecule has 0 aliphatic rings. The van der Waals surface area contributed by atoms with E-state index in [2.05, 4.69) is 15.9 Å². The standard InChI is InChI=1S/C7H13BrO2/c1-4-5(9)6(8)7(2,3)10/h6,10H,4H2,1-3H3. The average Bonchev–Trinajstić information content (AvgIpc) is 1.83. The maximum atomic E-state index is 11.0. The van der Waals surface area contributed by atoms with E-state index in [1.54, 1.807) is 20.8 Å². The van der Waals surface area contributed by atoms with E-state index in [4.69, 9.17) is 0 Å². The van der Waals surface area contributed by atoms with Gasteiger partial charge in [0.15, 0.2) is 0 Å². The molecule has 1 atom stereocenters. The van der Waals surface area contributed by atoms with Crippen LogP contribution in [0.1, 0.15) is 27.2 Å². The molecule has 0 radical (unpaired) electrons. The van der Waals surface area contributed by atoms with E-state index >= 15 is 0 Å². The molecule has 0 aromatic carbocycles. The molecule has 0 amide bonds. The van der Waals surface area contributed by atoms with Gasteiger partial charge in [-0.05, 0) is 13.8 Å². The lowest BCUT2D eigenvalue weighted by Crippen LogP contribution is -2.37. The lowest BCUT2D eigenvalue weighted by atomic mass is 10.0. The first-order valence-corrected chi connectivity index (χ1v) is 4.20. The van der Waals surface area contributed by atoms with Gasteiger partial charge in [-0.25, -0.2) is 0 Å². The lowest BCUT2D eigenvalue weighted by Gasteiger charge is -2.22. The van der Waals surface area contributed by atoms with Crippen molar-refractivity contribution >= 4 is 21.7 Å².